The molecule has 0 heterocycles. The van der Waals surface area contributed by atoms with Crippen LogP contribution in [0.1, 0.15) is 11.1 Å². The van der Waals surface area contributed by atoms with Gasteiger partial charge in [0.25, 0.3) is 0 Å². The molecule has 2 aromatic rings. The minimum absolute atomic E-state index is 0.742. The molecule has 2 aromatic carbocycles. The topological polar surface area (TPSA) is 0 Å². The average molecular weight is 498 g/mol. The van der Waals surface area contributed by atoms with Crippen molar-refractivity contribution in [1.82, 2.24) is 0 Å². The van der Waals surface area contributed by atoms with E-state index >= 15 is 0 Å². The smallest absolute Gasteiger partial charge is 0.203 e. The first kappa shape index (κ1) is 24.4. The van der Waals surface area contributed by atoms with Crippen molar-refractivity contribution in [2.45, 2.75) is 22.1 Å². The number of hydrogen-bond acceptors (Lipinski definition) is 2. The lowest BCUT2D eigenvalue weighted by molar-refractivity contribution is -0.144. The summed E-state index contributed by atoms with van der Waals surface area (Å²) in [6.45, 7) is 0. The van der Waals surface area contributed by atoms with Crippen LogP contribution in [0.5, 0.6) is 0 Å². The number of alkyl halides is 6. The molecule has 0 fully saturated rings. The molecule has 0 amide bonds. The van der Waals surface area contributed by atoms with Gasteiger partial charge in [0.2, 0.25) is 0 Å². The molecule has 2 rings (SSSR count). The van der Waals surface area contributed by atoms with E-state index in [9.17, 15) is 61.5 Å². The Balaban J connectivity index is 2.56. The highest BCUT2D eigenvalue weighted by Crippen LogP contribution is 2.47. The van der Waals surface area contributed by atoms with Crippen molar-refractivity contribution >= 4 is 21.6 Å². The van der Waals surface area contributed by atoms with E-state index in [2.05, 4.69) is 0 Å². The summed E-state index contributed by atoms with van der Waals surface area (Å²) in [5, 5.41) is 0. The first-order valence-corrected chi connectivity index (χ1v) is 8.87. The van der Waals surface area contributed by atoms with Gasteiger partial charge in [-0.3, -0.25) is 0 Å². The summed E-state index contributed by atoms with van der Waals surface area (Å²) in [5.74, 6) is -22.4. The molecule has 166 valence electrons. The summed E-state index contributed by atoms with van der Waals surface area (Å²) < 4.78 is 184. The van der Waals surface area contributed by atoms with Gasteiger partial charge in [0.1, 0.15) is 11.1 Å². The van der Waals surface area contributed by atoms with Crippen molar-refractivity contribution in [3.8, 4) is 0 Å². The Morgan fingerprint density at radius 2 is 0.567 bits per heavy atom. The van der Waals surface area contributed by atoms with Gasteiger partial charge in [-0.1, -0.05) is 0 Å². The van der Waals surface area contributed by atoms with Gasteiger partial charge in [-0.25, -0.2) is 35.1 Å². The van der Waals surface area contributed by atoms with Crippen LogP contribution in [0.2, 0.25) is 0 Å². The second-order valence-corrected chi connectivity index (χ2v) is 7.23. The largest absolute Gasteiger partial charge is 0.422 e. The minimum atomic E-state index is -5.88. The molecule has 0 saturated heterocycles. The Labute approximate surface area is 163 Å². The van der Waals surface area contributed by atoms with E-state index in [-0.39, 0.29) is 0 Å². The highest BCUT2D eigenvalue weighted by molar-refractivity contribution is 8.76. The Hall–Kier alpha value is -1.84. The third-order valence-electron chi connectivity index (χ3n) is 3.22. The summed E-state index contributed by atoms with van der Waals surface area (Å²) in [6.07, 6.45) is -11.8. The van der Waals surface area contributed by atoms with Crippen LogP contribution in [0, 0.1) is 46.5 Å². The Kier molecular flexibility index (Phi) is 6.53. The van der Waals surface area contributed by atoms with Gasteiger partial charge in [-0.05, 0) is 21.6 Å². The zero-order chi connectivity index (χ0) is 23.3. The summed E-state index contributed by atoms with van der Waals surface area (Å²) >= 11 is 0. The second kappa shape index (κ2) is 8.01. The fourth-order valence-electron chi connectivity index (χ4n) is 1.95. The van der Waals surface area contributed by atoms with Gasteiger partial charge >= 0.3 is 12.4 Å². The van der Waals surface area contributed by atoms with Crippen LogP contribution in [-0.2, 0) is 12.4 Å². The monoisotopic (exact) mass is 498 g/mol. The van der Waals surface area contributed by atoms with E-state index in [1.165, 1.54) is 0 Å². The number of rotatable bonds is 3. The highest BCUT2D eigenvalue weighted by atomic mass is 33.1. The molecular formula is C14F14S2. The van der Waals surface area contributed by atoms with Crippen LogP contribution in [0.25, 0.3) is 0 Å². The van der Waals surface area contributed by atoms with Crippen molar-refractivity contribution in [1.29, 1.82) is 0 Å². The molecule has 0 aromatic heterocycles. The summed E-state index contributed by atoms with van der Waals surface area (Å²) in [4.78, 5) is -3.88. The molecule has 16 heteroatoms. The first-order valence-electron chi connectivity index (χ1n) is 6.72. The predicted molar refractivity (Wildman–Crippen MR) is 74.3 cm³/mol. The third kappa shape index (κ3) is 4.15. The minimum Gasteiger partial charge on any atom is -0.203 e. The molecule has 0 N–H and O–H groups in total. The molecule has 0 nitrogen and oxygen atoms in total. The van der Waals surface area contributed by atoms with Crippen molar-refractivity contribution < 1.29 is 61.5 Å². The van der Waals surface area contributed by atoms with Gasteiger partial charge in [0.05, 0.1) is 9.79 Å². The molecular weight excluding hydrogens is 498 g/mol. The first-order chi connectivity index (χ1) is 13.5. The quantitative estimate of drug-likeness (QED) is 0.243. The van der Waals surface area contributed by atoms with Crippen LogP contribution in [0.15, 0.2) is 9.79 Å². The predicted octanol–water partition coefficient (Wildman–Crippen LogP) is 7.64. The van der Waals surface area contributed by atoms with Gasteiger partial charge in [-0.2, -0.15) is 26.3 Å². The number of benzene rings is 2. The number of halogens is 14. The maximum absolute atomic E-state index is 13.7. The fraction of sp³-hybridized carbons (Fsp3) is 0.143. The van der Waals surface area contributed by atoms with Crippen LogP contribution in [0.3, 0.4) is 0 Å². The van der Waals surface area contributed by atoms with E-state index in [4.69, 9.17) is 0 Å². The fourth-order valence-corrected chi connectivity index (χ4v) is 4.15. The summed E-state index contributed by atoms with van der Waals surface area (Å²) in [7, 11) is -1.48. The van der Waals surface area contributed by atoms with E-state index in [0.29, 0.717) is 0 Å². The van der Waals surface area contributed by atoms with Gasteiger partial charge in [-0.15, -0.1) is 0 Å². The van der Waals surface area contributed by atoms with Crippen LogP contribution in [-0.4, -0.2) is 0 Å². The lowest BCUT2D eigenvalue weighted by atomic mass is 10.1. The molecule has 30 heavy (non-hydrogen) atoms. The van der Waals surface area contributed by atoms with Crippen molar-refractivity contribution in [2.24, 2.45) is 0 Å². The van der Waals surface area contributed by atoms with Crippen molar-refractivity contribution in [2.75, 3.05) is 0 Å². The van der Waals surface area contributed by atoms with Gasteiger partial charge in [0, 0.05) is 0 Å². The maximum Gasteiger partial charge on any atom is 0.422 e. The highest BCUT2D eigenvalue weighted by Gasteiger charge is 2.44. The average Bonchev–Trinajstić information content (AvgIpc) is 2.58. The molecule has 0 aliphatic carbocycles. The molecule has 0 unspecified atom stereocenters. The van der Waals surface area contributed by atoms with E-state index in [1.807, 2.05) is 0 Å². The van der Waals surface area contributed by atoms with Crippen LogP contribution >= 0.6 is 21.6 Å². The Bertz CT molecular complexity index is 868. The van der Waals surface area contributed by atoms with Crippen LogP contribution < -0.4 is 0 Å². The Morgan fingerprint density at radius 3 is 0.733 bits per heavy atom. The summed E-state index contributed by atoms with van der Waals surface area (Å²) in [6, 6.07) is 0. The summed E-state index contributed by atoms with van der Waals surface area (Å²) in [5.41, 5.74) is -5.92. The molecule has 0 aliphatic heterocycles. The van der Waals surface area contributed by atoms with Crippen molar-refractivity contribution in [3.05, 3.63) is 57.7 Å². The molecule has 0 atom stereocenters. The molecule has 0 aliphatic rings. The standard InChI is InChI=1S/C14F14S2/c15-3-1(13(23,24)25)4(16)8(20)11(7(3)19)29-30-12-9(21)5(17)2(14(26,27)28)6(18)10(12)22. The molecule has 0 saturated carbocycles. The molecule has 0 radical (unpaired) electrons. The SMILES string of the molecule is Fc1c(F)c(C(F)(F)F)c(F)c(F)c1SSc1c(F)c(F)c(C(F)(F)F)c(F)c1F. The lowest BCUT2D eigenvalue weighted by Crippen LogP contribution is -2.16. The maximum atomic E-state index is 13.7. The number of hydrogen-bond donors (Lipinski definition) is 0. The van der Waals surface area contributed by atoms with E-state index in [1.54, 1.807) is 0 Å². The zero-order valence-corrected chi connectivity index (χ0v) is 14.7. The lowest BCUT2D eigenvalue weighted by Gasteiger charge is -2.15. The van der Waals surface area contributed by atoms with E-state index < -0.39 is 101 Å². The third-order valence-corrected chi connectivity index (χ3v) is 5.60. The van der Waals surface area contributed by atoms with Gasteiger partial charge in [0.15, 0.2) is 46.5 Å². The Morgan fingerprint density at radius 1 is 0.367 bits per heavy atom. The zero-order valence-electron chi connectivity index (χ0n) is 13.1. The molecule has 0 bridgehead atoms. The normalized spacial score (nSPS) is 12.6. The van der Waals surface area contributed by atoms with Crippen molar-refractivity contribution in [3.63, 3.8) is 0 Å². The van der Waals surface area contributed by atoms with E-state index in [0.717, 1.165) is 0 Å². The van der Waals surface area contributed by atoms with Gasteiger partial charge < -0.3 is 0 Å². The molecule has 0 spiro atoms. The van der Waals surface area contributed by atoms with Crippen LogP contribution in [0.4, 0.5) is 61.5 Å². The second-order valence-electron chi connectivity index (χ2n) is 5.08.